The lowest BCUT2D eigenvalue weighted by Gasteiger charge is -2.07. The van der Waals surface area contributed by atoms with Crippen LogP contribution in [0.3, 0.4) is 0 Å². The van der Waals surface area contributed by atoms with E-state index in [9.17, 15) is 0 Å². The maximum atomic E-state index is 3.65. The first-order chi connectivity index (χ1) is 11.7. The summed E-state index contributed by atoms with van der Waals surface area (Å²) in [7, 11) is 0. The fourth-order valence-corrected chi connectivity index (χ4v) is 3.33. The molecule has 2 rings (SSSR count). The second kappa shape index (κ2) is 9.93. The molecule has 24 heavy (non-hydrogen) atoms. The van der Waals surface area contributed by atoms with Crippen LogP contribution in [0.15, 0.2) is 33.2 Å². The van der Waals surface area contributed by atoms with Gasteiger partial charge in [-0.2, -0.15) is 0 Å². The van der Waals surface area contributed by atoms with Gasteiger partial charge in [0, 0.05) is 32.9 Å². The number of unbranched alkanes of at least 4 members (excludes halogenated alkanes) is 4. The zero-order valence-electron chi connectivity index (χ0n) is 14.3. The monoisotopic (exact) mass is 444 g/mol. The number of benzene rings is 2. The van der Waals surface area contributed by atoms with Gasteiger partial charge >= 0.3 is 0 Å². The fraction of sp³-hybridized carbons (Fsp3) is 0.364. The molecule has 0 aliphatic carbocycles. The highest BCUT2D eigenvalue weighted by atomic mass is 79.9. The largest absolute Gasteiger partial charge is 0.0978 e. The number of halogens is 2. The third-order valence-electron chi connectivity index (χ3n) is 3.84. The minimum absolute atomic E-state index is 0.944. The summed E-state index contributed by atoms with van der Waals surface area (Å²) in [5, 5.41) is 2.33. The minimum atomic E-state index is 0.944. The lowest BCUT2D eigenvalue weighted by molar-refractivity contribution is 0.828. The highest BCUT2D eigenvalue weighted by Crippen LogP contribution is 2.31. The quantitative estimate of drug-likeness (QED) is 0.338. The van der Waals surface area contributed by atoms with Gasteiger partial charge in [-0.05, 0) is 67.6 Å². The van der Waals surface area contributed by atoms with E-state index in [0.29, 0.717) is 0 Å². The third kappa shape index (κ3) is 4.89. The number of hydrogen-bond acceptors (Lipinski definition) is 0. The lowest BCUT2D eigenvalue weighted by atomic mass is 10.00. The predicted molar refractivity (Wildman–Crippen MR) is 112 cm³/mol. The average Bonchev–Trinajstić information content (AvgIpc) is 2.58. The van der Waals surface area contributed by atoms with E-state index < -0.39 is 0 Å². The van der Waals surface area contributed by atoms with Crippen molar-refractivity contribution < 1.29 is 0 Å². The van der Waals surface area contributed by atoms with Crippen molar-refractivity contribution in [2.75, 3.05) is 0 Å². The van der Waals surface area contributed by atoms with Crippen LogP contribution < -0.4 is 0 Å². The molecule has 0 amide bonds. The standard InChI is InChI=1S/C22H22Br2/c1-3-5-7-9-11-19-17-13-16-22(24)20(12-10-8-6-4-2)18(17)14-15-21(19)23/h13-16H,3-8H2,1-2H3. The molecule has 0 aromatic heterocycles. The van der Waals surface area contributed by atoms with Crippen molar-refractivity contribution in [3.05, 3.63) is 44.3 Å². The molecule has 2 aromatic rings. The molecule has 0 radical (unpaired) electrons. The molecule has 0 bridgehead atoms. The predicted octanol–water partition coefficient (Wildman–Crippen LogP) is 7.45. The normalized spacial score (nSPS) is 10.0. The molecule has 0 saturated heterocycles. The van der Waals surface area contributed by atoms with Gasteiger partial charge < -0.3 is 0 Å². The van der Waals surface area contributed by atoms with Crippen LogP contribution in [0, 0.1) is 23.7 Å². The van der Waals surface area contributed by atoms with Crippen LogP contribution in [0.5, 0.6) is 0 Å². The first kappa shape index (κ1) is 19.1. The van der Waals surface area contributed by atoms with Crippen LogP contribution in [0.4, 0.5) is 0 Å². The van der Waals surface area contributed by atoms with Gasteiger partial charge in [-0.3, -0.25) is 0 Å². The van der Waals surface area contributed by atoms with E-state index in [2.05, 4.69) is 93.7 Å². The summed E-state index contributed by atoms with van der Waals surface area (Å²) in [5.74, 6) is 13.3. The van der Waals surface area contributed by atoms with E-state index in [4.69, 9.17) is 0 Å². The number of fused-ring (bicyclic) bond motifs is 1. The average molecular weight is 446 g/mol. The molecular weight excluding hydrogens is 424 g/mol. The summed E-state index contributed by atoms with van der Waals surface area (Å²) in [4.78, 5) is 0. The highest BCUT2D eigenvalue weighted by molar-refractivity contribution is 9.10. The Morgan fingerprint density at radius 1 is 0.708 bits per heavy atom. The van der Waals surface area contributed by atoms with Crippen LogP contribution in [-0.2, 0) is 0 Å². The van der Waals surface area contributed by atoms with Crippen LogP contribution >= 0.6 is 31.9 Å². The first-order valence-electron chi connectivity index (χ1n) is 8.57. The lowest BCUT2D eigenvalue weighted by Crippen LogP contribution is -1.88. The maximum absolute atomic E-state index is 3.65. The Kier molecular flexibility index (Phi) is 7.90. The molecule has 0 N–H and O–H groups in total. The van der Waals surface area contributed by atoms with E-state index >= 15 is 0 Å². The van der Waals surface area contributed by atoms with Crippen LogP contribution in [0.25, 0.3) is 10.8 Å². The second-order valence-corrected chi connectivity index (χ2v) is 7.46. The van der Waals surface area contributed by atoms with Crippen molar-refractivity contribution >= 4 is 42.6 Å². The van der Waals surface area contributed by atoms with E-state index in [0.717, 1.165) is 56.5 Å². The van der Waals surface area contributed by atoms with E-state index in [1.807, 2.05) is 0 Å². The van der Waals surface area contributed by atoms with Gasteiger partial charge in [0.15, 0.2) is 0 Å². The zero-order valence-corrected chi connectivity index (χ0v) is 17.5. The van der Waals surface area contributed by atoms with Gasteiger partial charge in [-0.15, -0.1) is 0 Å². The van der Waals surface area contributed by atoms with Crippen LogP contribution in [0.2, 0.25) is 0 Å². The van der Waals surface area contributed by atoms with Gasteiger partial charge in [-0.1, -0.05) is 62.5 Å². The van der Waals surface area contributed by atoms with Crippen LogP contribution in [-0.4, -0.2) is 0 Å². The molecule has 0 saturated carbocycles. The highest BCUT2D eigenvalue weighted by Gasteiger charge is 2.09. The molecule has 2 aromatic carbocycles. The first-order valence-corrected chi connectivity index (χ1v) is 10.2. The van der Waals surface area contributed by atoms with Crippen molar-refractivity contribution in [3.8, 4) is 23.7 Å². The molecule has 2 heteroatoms. The van der Waals surface area contributed by atoms with Crippen molar-refractivity contribution in [2.24, 2.45) is 0 Å². The molecule has 0 unspecified atom stereocenters. The Balaban J connectivity index is 2.50. The number of hydrogen-bond donors (Lipinski definition) is 0. The summed E-state index contributed by atoms with van der Waals surface area (Å²) in [6.45, 7) is 4.38. The molecule has 0 heterocycles. The molecular formula is C22H22Br2. The van der Waals surface area contributed by atoms with Crippen molar-refractivity contribution in [1.29, 1.82) is 0 Å². The van der Waals surface area contributed by atoms with Crippen LogP contribution in [0.1, 0.15) is 63.5 Å². The van der Waals surface area contributed by atoms with Crippen molar-refractivity contribution in [3.63, 3.8) is 0 Å². The van der Waals surface area contributed by atoms with Crippen molar-refractivity contribution in [1.82, 2.24) is 0 Å². The Bertz CT molecular complexity index is 755. The Hall–Kier alpha value is -1.22. The molecule has 0 atom stereocenters. The molecule has 0 nitrogen and oxygen atoms in total. The molecule has 0 fully saturated rings. The van der Waals surface area contributed by atoms with Gasteiger partial charge in [-0.25, -0.2) is 0 Å². The fourth-order valence-electron chi connectivity index (χ4n) is 2.44. The maximum Gasteiger partial charge on any atom is 0.0466 e. The Morgan fingerprint density at radius 3 is 1.50 bits per heavy atom. The molecule has 0 aliphatic heterocycles. The van der Waals surface area contributed by atoms with E-state index in [-0.39, 0.29) is 0 Å². The molecule has 0 aliphatic rings. The third-order valence-corrected chi connectivity index (χ3v) is 5.16. The molecule has 0 spiro atoms. The topological polar surface area (TPSA) is 0 Å². The smallest absolute Gasteiger partial charge is 0.0466 e. The van der Waals surface area contributed by atoms with E-state index in [1.54, 1.807) is 0 Å². The van der Waals surface area contributed by atoms with E-state index in [1.165, 1.54) is 12.8 Å². The van der Waals surface area contributed by atoms with Crippen molar-refractivity contribution in [2.45, 2.75) is 52.4 Å². The summed E-state index contributed by atoms with van der Waals surface area (Å²) >= 11 is 7.31. The summed E-state index contributed by atoms with van der Waals surface area (Å²) in [5.41, 5.74) is 2.13. The molecule has 124 valence electrons. The van der Waals surface area contributed by atoms with Gasteiger partial charge in [0.2, 0.25) is 0 Å². The minimum Gasteiger partial charge on any atom is -0.0978 e. The Morgan fingerprint density at radius 2 is 1.12 bits per heavy atom. The number of rotatable bonds is 4. The summed E-state index contributed by atoms with van der Waals surface area (Å²) in [6, 6.07) is 8.42. The SMILES string of the molecule is CCCCC#Cc1c(Br)ccc2c(C#CCCCC)c(Br)ccc12. The zero-order chi connectivity index (χ0) is 17.4. The van der Waals surface area contributed by atoms with Gasteiger partial charge in [0.1, 0.15) is 0 Å². The Labute approximate surface area is 162 Å². The second-order valence-electron chi connectivity index (χ2n) is 5.75. The van der Waals surface area contributed by atoms with Gasteiger partial charge in [0.25, 0.3) is 0 Å². The summed E-state index contributed by atoms with van der Waals surface area (Å²) < 4.78 is 2.09. The van der Waals surface area contributed by atoms with Gasteiger partial charge in [0.05, 0.1) is 0 Å². The summed E-state index contributed by atoms with van der Waals surface area (Å²) in [6.07, 6.45) is 6.54.